The Morgan fingerprint density at radius 3 is 2.72 bits per heavy atom. The summed E-state index contributed by atoms with van der Waals surface area (Å²) in [5.41, 5.74) is 6.92. The van der Waals surface area contributed by atoms with Gasteiger partial charge < -0.3 is 10.3 Å². The first-order valence-electron chi connectivity index (χ1n) is 8.64. The number of rotatable bonds is 3. The molecule has 0 spiro atoms. The Bertz CT molecular complexity index is 953. The highest BCUT2D eigenvalue weighted by molar-refractivity contribution is 14.1. The van der Waals surface area contributed by atoms with Gasteiger partial charge in [-0.1, -0.05) is 0 Å². The van der Waals surface area contributed by atoms with Gasteiger partial charge in [-0.25, -0.2) is 18.4 Å². The largest absolute Gasteiger partial charge is 0.383 e. The number of sulfone groups is 1. The van der Waals surface area contributed by atoms with Crippen LogP contribution in [0, 0.1) is 9.49 Å². The lowest BCUT2D eigenvalue weighted by molar-refractivity contribution is 0.126. The Balaban J connectivity index is 1.27. The van der Waals surface area contributed by atoms with Crippen molar-refractivity contribution in [1.29, 1.82) is 0 Å². The van der Waals surface area contributed by atoms with E-state index in [1.54, 1.807) is 0 Å². The molecule has 4 heterocycles. The Kier molecular flexibility index (Phi) is 3.59. The summed E-state index contributed by atoms with van der Waals surface area (Å²) >= 11 is 2.29. The van der Waals surface area contributed by atoms with Crippen LogP contribution in [0.3, 0.4) is 0 Å². The van der Waals surface area contributed by atoms with Crippen LogP contribution in [0.25, 0.3) is 11.0 Å². The molecular formula is C16H20IN5O2S. The molecule has 3 aliphatic rings. The molecule has 2 aromatic rings. The van der Waals surface area contributed by atoms with Crippen LogP contribution in [0.4, 0.5) is 5.82 Å². The second-order valence-electron chi connectivity index (χ2n) is 7.63. The maximum atomic E-state index is 11.9. The van der Waals surface area contributed by atoms with E-state index in [1.807, 2.05) is 0 Å². The summed E-state index contributed by atoms with van der Waals surface area (Å²) in [7, 11) is -2.80. The van der Waals surface area contributed by atoms with E-state index in [9.17, 15) is 8.42 Å². The van der Waals surface area contributed by atoms with Crippen LogP contribution in [0.5, 0.6) is 0 Å². The first-order valence-corrected chi connectivity index (χ1v) is 11.4. The van der Waals surface area contributed by atoms with Crippen LogP contribution < -0.4 is 5.73 Å². The number of halogens is 1. The summed E-state index contributed by atoms with van der Waals surface area (Å²) in [5, 5.41) is 0.844. The molecule has 134 valence electrons. The van der Waals surface area contributed by atoms with Crippen LogP contribution in [0.1, 0.15) is 25.3 Å². The van der Waals surface area contributed by atoms with Gasteiger partial charge >= 0.3 is 0 Å². The minimum Gasteiger partial charge on any atom is -0.383 e. The van der Waals surface area contributed by atoms with E-state index in [4.69, 9.17) is 5.73 Å². The minimum atomic E-state index is -2.80. The molecule has 2 aliphatic heterocycles. The van der Waals surface area contributed by atoms with Gasteiger partial charge in [0.25, 0.3) is 0 Å². The highest BCUT2D eigenvalue weighted by Gasteiger charge is 2.49. The number of nitrogens with zero attached hydrogens (tertiary/aromatic N) is 4. The highest BCUT2D eigenvalue weighted by Crippen LogP contribution is 2.43. The summed E-state index contributed by atoms with van der Waals surface area (Å²) in [6.45, 7) is 1.77. The van der Waals surface area contributed by atoms with Crippen LogP contribution in [-0.4, -0.2) is 58.0 Å². The molecule has 5 rings (SSSR count). The van der Waals surface area contributed by atoms with E-state index < -0.39 is 9.84 Å². The Labute approximate surface area is 160 Å². The number of fused-ring (bicyclic) bond motifs is 3. The first kappa shape index (κ1) is 16.2. The number of nitrogens with two attached hydrogens (primary N) is 1. The number of hydrogen-bond donors (Lipinski definition) is 1. The van der Waals surface area contributed by atoms with Crippen molar-refractivity contribution >= 4 is 49.3 Å². The van der Waals surface area contributed by atoms with Gasteiger partial charge in [-0.3, -0.25) is 4.90 Å². The molecule has 2 saturated heterocycles. The maximum Gasteiger partial charge on any atom is 0.156 e. The summed E-state index contributed by atoms with van der Waals surface area (Å²) in [6, 6.07) is 0.712. The van der Waals surface area contributed by atoms with Gasteiger partial charge in [0.2, 0.25) is 0 Å². The molecule has 1 aliphatic carbocycles. The van der Waals surface area contributed by atoms with Gasteiger partial charge in [0.15, 0.2) is 9.84 Å². The number of likely N-dealkylation sites (tertiary alicyclic amines) is 1. The third kappa shape index (κ3) is 2.49. The van der Waals surface area contributed by atoms with Gasteiger partial charge in [-0.2, -0.15) is 0 Å². The second kappa shape index (κ2) is 5.53. The average Bonchev–Trinajstić information content (AvgIpc) is 3.13. The van der Waals surface area contributed by atoms with Crippen LogP contribution in [0.2, 0.25) is 0 Å². The molecule has 0 amide bonds. The summed E-state index contributed by atoms with van der Waals surface area (Å²) < 4.78 is 27.1. The summed E-state index contributed by atoms with van der Waals surface area (Å²) in [5.74, 6) is 1.55. The Hall–Kier alpha value is -0.940. The zero-order valence-corrected chi connectivity index (χ0v) is 16.6. The van der Waals surface area contributed by atoms with Crippen molar-refractivity contribution < 1.29 is 8.42 Å². The molecule has 2 atom stereocenters. The predicted molar refractivity (Wildman–Crippen MR) is 104 cm³/mol. The van der Waals surface area contributed by atoms with Gasteiger partial charge in [0.1, 0.15) is 17.8 Å². The molecule has 0 unspecified atom stereocenters. The molecule has 1 saturated carbocycles. The van der Waals surface area contributed by atoms with E-state index in [2.05, 4.69) is 48.2 Å². The number of anilines is 1. The SMILES string of the molecule is Nc1ncnc2c1c(I)cn2C1CC(CN2C[C@@H]3C[C@H]2CS3(=O)=O)C1. The molecule has 2 aromatic heterocycles. The van der Waals surface area contributed by atoms with Crippen molar-refractivity contribution in [3.63, 3.8) is 0 Å². The van der Waals surface area contributed by atoms with Crippen molar-refractivity contribution in [2.45, 2.75) is 36.6 Å². The summed E-state index contributed by atoms with van der Waals surface area (Å²) in [6.07, 6.45) is 6.73. The zero-order chi connectivity index (χ0) is 17.3. The monoisotopic (exact) mass is 473 g/mol. The van der Waals surface area contributed by atoms with Crippen molar-refractivity contribution in [1.82, 2.24) is 19.4 Å². The van der Waals surface area contributed by atoms with E-state index >= 15 is 0 Å². The normalized spacial score (nSPS) is 33.8. The molecule has 7 nitrogen and oxygen atoms in total. The third-order valence-corrected chi connectivity index (χ3v) is 9.14. The lowest BCUT2D eigenvalue weighted by atomic mass is 9.79. The van der Waals surface area contributed by atoms with Crippen LogP contribution >= 0.6 is 22.6 Å². The molecule has 9 heteroatoms. The van der Waals surface area contributed by atoms with E-state index in [1.165, 1.54) is 6.33 Å². The predicted octanol–water partition coefficient (Wildman–Crippen LogP) is 1.44. The van der Waals surface area contributed by atoms with Gasteiger partial charge in [-0.15, -0.1) is 0 Å². The molecule has 0 radical (unpaired) electrons. The first-order chi connectivity index (χ1) is 11.9. The third-order valence-electron chi connectivity index (χ3n) is 6.11. The van der Waals surface area contributed by atoms with E-state index in [-0.39, 0.29) is 11.3 Å². The quantitative estimate of drug-likeness (QED) is 0.679. The van der Waals surface area contributed by atoms with Crippen LogP contribution in [-0.2, 0) is 9.84 Å². The molecule has 0 aromatic carbocycles. The van der Waals surface area contributed by atoms with E-state index in [0.717, 1.165) is 47.0 Å². The van der Waals surface area contributed by atoms with Crippen molar-refractivity contribution in [2.24, 2.45) is 5.92 Å². The van der Waals surface area contributed by atoms with Gasteiger partial charge in [0.05, 0.1) is 16.4 Å². The van der Waals surface area contributed by atoms with Gasteiger partial charge in [0, 0.05) is 34.9 Å². The molecule has 3 fully saturated rings. The zero-order valence-electron chi connectivity index (χ0n) is 13.7. The maximum absolute atomic E-state index is 11.9. The average molecular weight is 473 g/mol. The lowest BCUT2D eigenvalue weighted by Crippen LogP contribution is -2.45. The minimum absolute atomic E-state index is 0.108. The molecule has 2 bridgehead atoms. The fourth-order valence-corrected chi connectivity index (χ4v) is 7.65. The number of nitrogen functional groups attached to an aromatic ring is 1. The van der Waals surface area contributed by atoms with Crippen molar-refractivity contribution in [3.05, 3.63) is 16.1 Å². The highest BCUT2D eigenvalue weighted by atomic mass is 127. The molecule has 2 N–H and O–H groups in total. The second-order valence-corrected chi connectivity index (χ2v) is 11.1. The smallest absolute Gasteiger partial charge is 0.156 e. The van der Waals surface area contributed by atoms with Crippen molar-refractivity contribution in [3.8, 4) is 0 Å². The Morgan fingerprint density at radius 1 is 1.24 bits per heavy atom. The fourth-order valence-electron chi connectivity index (χ4n) is 4.75. The van der Waals surface area contributed by atoms with E-state index in [0.29, 0.717) is 23.5 Å². The van der Waals surface area contributed by atoms with Crippen LogP contribution in [0.15, 0.2) is 12.5 Å². The van der Waals surface area contributed by atoms with Crippen molar-refractivity contribution in [2.75, 3.05) is 24.6 Å². The lowest BCUT2D eigenvalue weighted by Gasteiger charge is -2.40. The molecular weight excluding hydrogens is 453 g/mol. The van der Waals surface area contributed by atoms with Gasteiger partial charge in [-0.05, 0) is 47.8 Å². The number of aromatic nitrogens is 3. The molecule has 25 heavy (non-hydrogen) atoms. The summed E-state index contributed by atoms with van der Waals surface area (Å²) in [4.78, 5) is 10.9. The Morgan fingerprint density at radius 2 is 2.04 bits per heavy atom. The fraction of sp³-hybridized carbons (Fsp3) is 0.625. The topological polar surface area (TPSA) is 94.1 Å². The standard InChI is InChI=1S/C16H20IN5O2S/c17-13-6-22(16-14(13)15(18)19-8-20-16)10-1-9(2-10)4-21-5-12-3-11(21)7-25(12,23)24/h6,8-12H,1-5,7H2,(H2,18,19,20)/t9?,10?,11-,12-/m0/s1. The number of hydrogen-bond acceptors (Lipinski definition) is 6.